The first-order valence-corrected chi connectivity index (χ1v) is 3.43. The van der Waals surface area contributed by atoms with Crippen LogP contribution in [0.2, 0.25) is 0 Å². The van der Waals surface area contributed by atoms with E-state index in [4.69, 9.17) is 5.11 Å². The molecule has 0 saturated heterocycles. The molecular weight excluding hydrogens is 151 g/mol. The van der Waals surface area contributed by atoms with Gasteiger partial charge >= 0.3 is 29.6 Å². The van der Waals surface area contributed by atoms with Crippen molar-refractivity contribution in [3.63, 3.8) is 0 Å². The molecule has 0 aromatic rings. The van der Waals surface area contributed by atoms with E-state index in [9.17, 15) is 5.11 Å². The fourth-order valence-corrected chi connectivity index (χ4v) is 0. The van der Waals surface area contributed by atoms with E-state index < -0.39 is 11.2 Å². The van der Waals surface area contributed by atoms with Crippen molar-refractivity contribution in [3.05, 3.63) is 0 Å². The molecule has 0 aromatic carbocycles. The molecule has 0 radical (unpaired) electrons. The Morgan fingerprint density at radius 3 is 0.909 bits per heavy atom. The van der Waals surface area contributed by atoms with Gasteiger partial charge in [-0.1, -0.05) is 20.8 Å². The molecule has 64 valence electrons. The normalized spacial score (nSPS) is 10.9. The van der Waals surface area contributed by atoms with Crippen LogP contribution in [0.25, 0.3) is 0 Å². The summed E-state index contributed by atoms with van der Waals surface area (Å²) < 4.78 is 0. The summed E-state index contributed by atoms with van der Waals surface area (Å²) in [5, 5.41) is 18.6. The molecule has 0 atom stereocenters. The Bertz CT molecular complexity index is 55.1. The van der Waals surface area contributed by atoms with Crippen LogP contribution in [0.1, 0.15) is 41.5 Å². The first-order chi connectivity index (χ1) is 4.00. The van der Waals surface area contributed by atoms with Gasteiger partial charge in [0.1, 0.15) is 0 Å². The van der Waals surface area contributed by atoms with Crippen LogP contribution in [0.3, 0.4) is 0 Å². The fourth-order valence-electron chi connectivity index (χ4n) is 0. The Labute approximate surface area is 92.3 Å². The quantitative estimate of drug-likeness (QED) is 0.424. The third-order valence-electron chi connectivity index (χ3n) is 0. The fraction of sp³-hybridized carbons (Fsp3) is 1.00. The molecule has 0 spiro atoms. The Kier molecular flexibility index (Phi) is 10.5. The maximum absolute atomic E-state index is 10.1. The average Bonchev–Trinajstić information content (AvgIpc) is 1.12. The number of hydrogen-bond donors (Lipinski definition) is 1. The zero-order valence-corrected chi connectivity index (χ0v) is 10.9. The third-order valence-corrected chi connectivity index (χ3v) is 0. The van der Waals surface area contributed by atoms with E-state index in [-0.39, 0.29) is 29.6 Å². The van der Waals surface area contributed by atoms with Crippen molar-refractivity contribution in [1.29, 1.82) is 0 Å². The minimum atomic E-state index is -0.750. The second kappa shape index (κ2) is 6.44. The molecule has 0 aliphatic rings. The van der Waals surface area contributed by atoms with Crippen molar-refractivity contribution < 1.29 is 39.8 Å². The van der Waals surface area contributed by atoms with Crippen LogP contribution in [0.4, 0.5) is 0 Å². The molecule has 0 rings (SSSR count). The Morgan fingerprint density at radius 1 is 0.909 bits per heavy atom. The molecule has 0 bridgehead atoms. The number of aliphatic hydroxyl groups is 1. The summed E-state index contributed by atoms with van der Waals surface area (Å²) in [7, 11) is 0. The average molecular weight is 170 g/mol. The second-order valence-electron chi connectivity index (χ2n) is 4.28. The summed E-state index contributed by atoms with van der Waals surface area (Å²) in [5.74, 6) is 0. The molecule has 0 aromatic heterocycles. The van der Waals surface area contributed by atoms with Crippen molar-refractivity contribution in [2.45, 2.75) is 52.7 Å². The summed E-state index contributed by atoms with van der Waals surface area (Å²) in [4.78, 5) is 0. The standard InChI is InChI=1S/C4H10O.C4H9O.Na/c2*1-4(2,3)5;/h5H,1-3H3;1-3H3;/q;-1;+1. The summed E-state index contributed by atoms with van der Waals surface area (Å²) >= 11 is 0. The van der Waals surface area contributed by atoms with Crippen molar-refractivity contribution in [3.8, 4) is 0 Å². The molecule has 2 nitrogen and oxygen atoms in total. The van der Waals surface area contributed by atoms with Crippen LogP contribution in [0.15, 0.2) is 0 Å². The largest absolute Gasteiger partial charge is 1.00 e. The van der Waals surface area contributed by atoms with Crippen molar-refractivity contribution >= 4 is 0 Å². The molecular formula is C8H19NaO2. The number of rotatable bonds is 0. The van der Waals surface area contributed by atoms with Gasteiger partial charge in [0.2, 0.25) is 0 Å². The molecule has 0 amide bonds. The minimum absolute atomic E-state index is 0. The van der Waals surface area contributed by atoms with Gasteiger partial charge in [0, 0.05) is 0 Å². The predicted octanol–water partition coefficient (Wildman–Crippen LogP) is -2.07. The van der Waals surface area contributed by atoms with Gasteiger partial charge in [0.25, 0.3) is 0 Å². The van der Waals surface area contributed by atoms with Gasteiger partial charge < -0.3 is 10.2 Å². The van der Waals surface area contributed by atoms with E-state index in [0.717, 1.165) is 0 Å². The Balaban J connectivity index is -0.000000107. The summed E-state index contributed by atoms with van der Waals surface area (Å²) in [6.45, 7) is 10.1. The molecule has 0 aliphatic carbocycles. The van der Waals surface area contributed by atoms with Gasteiger partial charge in [-0.2, -0.15) is 0 Å². The van der Waals surface area contributed by atoms with Gasteiger partial charge in [-0.3, -0.25) is 0 Å². The van der Waals surface area contributed by atoms with Crippen molar-refractivity contribution in [1.82, 2.24) is 0 Å². The van der Waals surface area contributed by atoms with E-state index in [1.165, 1.54) is 0 Å². The first-order valence-electron chi connectivity index (χ1n) is 3.43. The first kappa shape index (κ1) is 17.9. The minimum Gasteiger partial charge on any atom is -0.850 e. The van der Waals surface area contributed by atoms with Crippen LogP contribution in [-0.4, -0.2) is 16.3 Å². The van der Waals surface area contributed by atoms with Crippen LogP contribution >= 0.6 is 0 Å². The van der Waals surface area contributed by atoms with Crippen molar-refractivity contribution in [2.24, 2.45) is 0 Å². The van der Waals surface area contributed by atoms with E-state index in [2.05, 4.69) is 0 Å². The topological polar surface area (TPSA) is 43.3 Å². The zero-order valence-electron chi connectivity index (χ0n) is 8.86. The van der Waals surface area contributed by atoms with Crippen LogP contribution in [-0.2, 0) is 0 Å². The van der Waals surface area contributed by atoms with E-state index >= 15 is 0 Å². The van der Waals surface area contributed by atoms with E-state index in [0.29, 0.717) is 0 Å². The van der Waals surface area contributed by atoms with Gasteiger partial charge in [-0.15, -0.1) is 5.60 Å². The molecule has 11 heavy (non-hydrogen) atoms. The van der Waals surface area contributed by atoms with E-state index in [1.54, 1.807) is 41.5 Å². The molecule has 0 heterocycles. The van der Waals surface area contributed by atoms with Crippen molar-refractivity contribution in [2.75, 3.05) is 0 Å². The van der Waals surface area contributed by atoms with E-state index in [1.807, 2.05) is 0 Å². The van der Waals surface area contributed by atoms with Crippen LogP contribution in [0, 0.1) is 0 Å². The van der Waals surface area contributed by atoms with Gasteiger partial charge in [0.05, 0.1) is 5.60 Å². The molecule has 0 unspecified atom stereocenters. The number of hydrogen-bond acceptors (Lipinski definition) is 2. The van der Waals surface area contributed by atoms with Crippen LogP contribution < -0.4 is 34.7 Å². The molecule has 0 fully saturated rings. The molecule has 0 aliphatic heterocycles. The summed E-state index contributed by atoms with van der Waals surface area (Å²) in [6.07, 6.45) is 0. The summed E-state index contributed by atoms with van der Waals surface area (Å²) in [5.41, 5.74) is -1.25. The maximum Gasteiger partial charge on any atom is 1.00 e. The Hall–Kier alpha value is 0.920. The summed E-state index contributed by atoms with van der Waals surface area (Å²) in [6, 6.07) is 0. The van der Waals surface area contributed by atoms with Crippen LogP contribution in [0.5, 0.6) is 0 Å². The van der Waals surface area contributed by atoms with Gasteiger partial charge in [-0.25, -0.2) is 0 Å². The third kappa shape index (κ3) is 1030. The monoisotopic (exact) mass is 170 g/mol. The Morgan fingerprint density at radius 2 is 0.909 bits per heavy atom. The van der Waals surface area contributed by atoms with Gasteiger partial charge in [-0.05, 0) is 20.8 Å². The molecule has 1 N–H and O–H groups in total. The second-order valence-corrected chi connectivity index (χ2v) is 4.28. The molecule has 3 heteroatoms. The molecule has 0 saturated carbocycles. The predicted molar refractivity (Wildman–Crippen MR) is 41.7 cm³/mol. The zero-order chi connectivity index (χ0) is 9.00. The van der Waals surface area contributed by atoms with Gasteiger partial charge in [0.15, 0.2) is 0 Å². The smallest absolute Gasteiger partial charge is 0.850 e. The maximum atomic E-state index is 10.1. The SMILES string of the molecule is CC(C)(C)O.CC(C)(C)[O-].[Na+].